The Labute approximate surface area is 101 Å². The van der Waals surface area contributed by atoms with Gasteiger partial charge in [-0.25, -0.2) is 4.39 Å². The predicted molar refractivity (Wildman–Crippen MR) is 64.8 cm³/mol. The van der Waals surface area contributed by atoms with Gasteiger partial charge >= 0.3 is 0 Å². The molecule has 1 heterocycles. The van der Waals surface area contributed by atoms with Crippen molar-refractivity contribution in [3.05, 3.63) is 48.1 Å². The highest BCUT2D eigenvalue weighted by Crippen LogP contribution is 2.02. The molecule has 0 saturated heterocycles. The van der Waals surface area contributed by atoms with E-state index in [9.17, 15) is 4.39 Å². The van der Waals surface area contributed by atoms with Crippen LogP contribution in [0, 0.1) is 5.82 Å². The van der Waals surface area contributed by atoms with Crippen LogP contribution in [0.25, 0.3) is 0 Å². The van der Waals surface area contributed by atoms with Gasteiger partial charge in [-0.1, -0.05) is 12.1 Å². The summed E-state index contributed by atoms with van der Waals surface area (Å²) in [7, 11) is 0. The molecular weight excluding hydrogens is 219 g/mol. The van der Waals surface area contributed by atoms with Crippen molar-refractivity contribution in [1.29, 1.82) is 0 Å². The highest BCUT2D eigenvalue weighted by Gasteiger charge is 2.02. The molecule has 0 saturated carbocycles. The van der Waals surface area contributed by atoms with E-state index in [1.54, 1.807) is 18.4 Å². The molecule has 1 aliphatic rings. The highest BCUT2D eigenvalue weighted by atomic mass is 19.1. The highest BCUT2D eigenvalue weighted by molar-refractivity contribution is 5.15. The molecule has 1 aromatic carbocycles. The van der Waals surface area contributed by atoms with Crippen LogP contribution in [0.1, 0.15) is 5.56 Å². The summed E-state index contributed by atoms with van der Waals surface area (Å²) in [5.74, 6) is -0.188. The van der Waals surface area contributed by atoms with Gasteiger partial charge in [-0.05, 0) is 17.7 Å². The van der Waals surface area contributed by atoms with Gasteiger partial charge in [-0.3, -0.25) is 0 Å². The maximum absolute atomic E-state index is 12.7. The number of nitrogens with one attached hydrogen (secondary N) is 1. The molecule has 2 rings (SSSR count). The number of nitrogens with zero attached hydrogens (tertiary/aromatic N) is 1. The summed E-state index contributed by atoms with van der Waals surface area (Å²) >= 11 is 0. The van der Waals surface area contributed by atoms with Crippen LogP contribution >= 0.6 is 0 Å². The van der Waals surface area contributed by atoms with Gasteiger partial charge < -0.3 is 15.0 Å². The van der Waals surface area contributed by atoms with Crippen LogP contribution in [-0.2, 0) is 11.3 Å². The first-order valence-corrected chi connectivity index (χ1v) is 5.82. The van der Waals surface area contributed by atoms with Crippen molar-refractivity contribution in [1.82, 2.24) is 10.2 Å². The van der Waals surface area contributed by atoms with Crippen molar-refractivity contribution >= 4 is 0 Å². The molecule has 1 aliphatic heterocycles. The molecule has 0 fully saturated rings. The Morgan fingerprint density at radius 2 is 2.12 bits per heavy atom. The lowest BCUT2D eigenvalue weighted by molar-refractivity contribution is 0.173. The summed E-state index contributed by atoms with van der Waals surface area (Å²) < 4.78 is 17.8. The van der Waals surface area contributed by atoms with Crippen LogP contribution < -0.4 is 5.32 Å². The van der Waals surface area contributed by atoms with Gasteiger partial charge in [0.05, 0.1) is 12.8 Å². The van der Waals surface area contributed by atoms with Crippen LogP contribution in [0.5, 0.6) is 0 Å². The Balaban J connectivity index is 1.64. The van der Waals surface area contributed by atoms with Gasteiger partial charge in [0.2, 0.25) is 0 Å². The molecule has 0 unspecified atom stereocenters. The lowest BCUT2D eigenvalue weighted by Gasteiger charge is -2.23. The number of halogens is 1. The normalized spacial score (nSPS) is 14.8. The van der Waals surface area contributed by atoms with Gasteiger partial charge in [0, 0.05) is 25.8 Å². The van der Waals surface area contributed by atoms with Crippen LogP contribution in [0.3, 0.4) is 0 Å². The van der Waals surface area contributed by atoms with Crippen LogP contribution in [0.4, 0.5) is 4.39 Å². The summed E-state index contributed by atoms with van der Waals surface area (Å²) in [6.45, 7) is 4.33. The first kappa shape index (κ1) is 11.9. The van der Waals surface area contributed by atoms with E-state index in [4.69, 9.17) is 4.74 Å². The monoisotopic (exact) mass is 236 g/mol. The van der Waals surface area contributed by atoms with E-state index in [0.717, 1.165) is 38.3 Å². The minimum absolute atomic E-state index is 0.188. The maximum Gasteiger partial charge on any atom is 0.123 e. The Bertz CT molecular complexity index is 364. The number of hydrogen-bond donors (Lipinski definition) is 1. The van der Waals surface area contributed by atoms with Crippen molar-refractivity contribution in [2.24, 2.45) is 0 Å². The van der Waals surface area contributed by atoms with Crippen molar-refractivity contribution in [3.8, 4) is 0 Å². The number of rotatable bonds is 5. The van der Waals surface area contributed by atoms with Crippen LogP contribution in [0.2, 0.25) is 0 Å². The molecule has 1 aromatic rings. The molecule has 0 spiro atoms. The zero-order valence-electron chi connectivity index (χ0n) is 9.73. The van der Waals surface area contributed by atoms with Crippen molar-refractivity contribution < 1.29 is 9.13 Å². The molecule has 0 atom stereocenters. The fraction of sp³-hybridized carbons (Fsp3) is 0.385. The smallest absolute Gasteiger partial charge is 0.123 e. The minimum Gasteiger partial charge on any atom is -0.498 e. The zero-order valence-corrected chi connectivity index (χ0v) is 9.73. The van der Waals surface area contributed by atoms with Crippen molar-refractivity contribution in [2.45, 2.75) is 6.54 Å². The Morgan fingerprint density at radius 3 is 2.82 bits per heavy atom. The molecule has 0 bridgehead atoms. The lowest BCUT2D eigenvalue weighted by Crippen LogP contribution is -2.32. The second-order valence-electron chi connectivity index (χ2n) is 4.00. The second kappa shape index (κ2) is 6.25. The summed E-state index contributed by atoms with van der Waals surface area (Å²) in [6, 6.07) is 6.58. The third-order valence-corrected chi connectivity index (χ3v) is 2.68. The molecule has 4 heteroatoms. The average Bonchev–Trinajstić information content (AvgIpc) is 2.38. The number of ether oxygens (including phenoxy) is 1. The fourth-order valence-electron chi connectivity index (χ4n) is 1.69. The summed E-state index contributed by atoms with van der Waals surface area (Å²) in [5, 5.41) is 3.33. The molecule has 17 heavy (non-hydrogen) atoms. The first-order chi connectivity index (χ1) is 8.34. The topological polar surface area (TPSA) is 24.5 Å². The van der Waals surface area contributed by atoms with E-state index in [2.05, 4.69) is 10.2 Å². The largest absolute Gasteiger partial charge is 0.498 e. The van der Waals surface area contributed by atoms with E-state index in [-0.39, 0.29) is 5.82 Å². The molecule has 1 N–H and O–H groups in total. The maximum atomic E-state index is 12.7. The summed E-state index contributed by atoms with van der Waals surface area (Å²) in [5.41, 5.74) is 1.10. The molecule has 3 nitrogen and oxygen atoms in total. The first-order valence-electron chi connectivity index (χ1n) is 5.82. The molecule has 92 valence electrons. The predicted octanol–water partition coefficient (Wildman–Crippen LogP) is 1.72. The standard InChI is InChI=1S/C13H17FN2O/c14-13-3-1-12(2-4-13)11-15-5-6-16-7-9-17-10-8-16/h1-4,7,9,15H,5-6,8,10-11H2. The molecular formula is C13H17FN2O. The summed E-state index contributed by atoms with van der Waals surface area (Å²) in [6.07, 6.45) is 3.69. The van der Waals surface area contributed by atoms with E-state index in [0.29, 0.717) is 0 Å². The molecule has 0 radical (unpaired) electrons. The van der Waals surface area contributed by atoms with Crippen molar-refractivity contribution in [3.63, 3.8) is 0 Å². The number of hydrogen-bond acceptors (Lipinski definition) is 3. The Morgan fingerprint density at radius 1 is 1.29 bits per heavy atom. The van der Waals surface area contributed by atoms with E-state index >= 15 is 0 Å². The molecule has 0 amide bonds. The van der Waals surface area contributed by atoms with Gasteiger partial charge in [0.1, 0.15) is 12.4 Å². The summed E-state index contributed by atoms with van der Waals surface area (Å²) in [4.78, 5) is 2.21. The molecule has 0 aliphatic carbocycles. The van der Waals surface area contributed by atoms with Crippen molar-refractivity contribution in [2.75, 3.05) is 26.2 Å². The Kier molecular flexibility index (Phi) is 4.38. The van der Waals surface area contributed by atoms with E-state index in [1.165, 1.54) is 12.1 Å². The lowest BCUT2D eigenvalue weighted by atomic mass is 10.2. The van der Waals surface area contributed by atoms with Gasteiger partial charge in [-0.2, -0.15) is 0 Å². The van der Waals surface area contributed by atoms with Crippen LogP contribution in [0.15, 0.2) is 36.7 Å². The van der Waals surface area contributed by atoms with E-state index in [1.807, 2.05) is 6.20 Å². The van der Waals surface area contributed by atoms with E-state index < -0.39 is 0 Å². The second-order valence-corrected chi connectivity index (χ2v) is 4.00. The Hall–Kier alpha value is -1.55. The van der Waals surface area contributed by atoms with Gasteiger partial charge in [0.25, 0.3) is 0 Å². The quantitative estimate of drug-likeness (QED) is 0.788. The number of benzene rings is 1. The van der Waals surface area contributed by atoms with Gasteiger partial charge in [-0.15, -0.1) is 0 Å². The minimum atomic E-state index is -0.188. The molecule has 0 aromatic heterocycles. The van der Waals surface area contributed by atoms with Gasteiger partial charge in [0.15, 0.2) is 0 Å². The van der Waals surface area contributed by atoms with Crippen LogP contribution in [-0.4, -0.2) is 31.1 Å². The SMILES string of the molecule is Fc1ccc(CNCCN2C=COCC2)cc1. The average molecular weight is 236 g/mol. The zero-order chi connectivity index (χ0) is 11.9. The third-order valence-electron chi connectivity index (χ3n) is 2.68. The third kappa shape index (κ3) is 4.07. The fourth-order valence-corrected chi connectivity index (χ4v) is 1.69.